The molecule has 2 aromatic carbocycles. The number of urea groups is 1. The second-order valence-corrected chi connectivity index (χ2v) is 4.86. The van der Waals surface area contributed by atoms with Crippen molar-refractivity contribution in [3.8, 4) is 11.5 Å². The van der Waals surface area contributed by atoms with E-state index in [1.165, 1.54) is 37.4 Å². The van der Waals surface area contributed by atoms with Crippen molar-refractivity contribution in [1.29, 1.82) is 0 Å². The lowest BCUT2D eigenvalue weighted by atomic mass is 10.2. The zero-order valence-electron chi connectivity index (χ0n) is 12.1. The van der Waals surface area contributed by atoms with E-state index in [0.29, 0.717) is 16.5 Å². The first kappa shape index (κ1) is 16.4. The minimum atomic E-state index is -0.669. The van der Waals surface area contributed by atoms with Crippen LogP contribution in [0.3, 0.4) is 0 Å². The molecule has 2 rings (SSSR count). The SMILES string of the molecule is COc1ccc(Cl)cc1NC(=O)NNC(=O)c1ccc(O)cc1. The summed E-state index contributed by atoms with van der Waals surface area (Å²) in [4.78, 5) is 23.6. The topological polar surface area (TPSA) is 99.7 Å². The van der Waals surface area contributed by atoms with Gasteiger partial charge in [-0.1, -0.05) is 11.6 Å². The van der Waals surface area contributed by atoms with E-state index in [4.69, 9.17) is 21.4 Å². The Labute approximate surface area is 137 Å². The molecule has 0 bridgehead atoms. The van der Waals surface area contributed by atoms with Crippen LogP contribution in [-0.2, 0) is 0 Å². The highest BCUT2D eigenvalue weighted by Gasteiger charge is 2.10. The van der Waals surface area contributed by atoms with Crippen LogP contribution in [0.5, 0.6) is 11.5 Å². The standard InChI is InChI=1S/C15H14ClN3O4/c1-23-13-7-4-10(16)8-12(13)17-15(22)19-18-14(21)9-2-5-11(20)6-3-9/h2-8,20H,1H3,(H,18,21)(H2,17,19,22). The first-order valence-electron chi connectivity index (χ1n) is 6.49. The zero-order valence-corrected chi connectivity index (χ0v) is 12.8. The van der Waals surface area contributed by atoms with Crippen molar-refractivity contribution in [3.63, 3.8) is 0 Å². The van der Waals surface area contributed by atoms with Gasteiger partial charge in [0.05, 0.1) is 12.8 Å². The van der Waals surface area contributed by atoms with Gasteiger partial charge >= 0.3 is 6.03 Å². The predicted octanol–water partition coefficient (Wildman–Crippen LogP) is 2.52. The van der Waals surface area contributed by atoms with Crippen molar-refractivity contribution in [2.75, 3.05) is 12.4 Å². The van der Waals surface area contributed by atoms with Crippen LogP contribution in [-0.4, -0.2) is 24.2 Å². The number of carbonyl (C=O) groups is 2. The molecule has 23 heavy (non-hydrogen) atoms. The quantitative estimate of drug-likeness (QED) is 0.647. The number of phenolic OH excluding ortho intramolecular Hbond substituents is 1. The van der Waals surface area contributed by atoms with Crippen LogP contribution >= 0.6 is 11.6 Å². The third kappa shape index (κ3) is 4.52. The van der Waals surface area contributed by atoms with Gasteiger partial charge in [0.1, 0.15) is 11.5 Å². The fraction of sp³-hybridized carbons (Fsp3) is 0.0667. The number of rotatable bonds is 3. The summed E-state index contributed by atoms with van der Waals surface area (Å²) in [5.41, 5.74) is 5.08. The van der Waals surface area contributed by atoms with Gasteiger partial charge < -0.3 is 15.2 Å². The molecule has 0 aromatic heterocycles. The Bertz CT molecular complexity index is 719. The molecule has 8 heteroatoms. The Balaban J connectivity index is 1.94. The predicted molar refractivity (Wildman–Crippen MR) is 85.7 cm³/mol. The van der Waals surface area contributed by atoms with E-state index in [1.54, 1.807) is 12.1 Å². The molecule has 0 radical (unpaired) electrons. The number of amides is 3. The van der Waals surface area contributed by atoms with E-state index in [1.807, 2.05) is 0 Å². The fourth-order valence-corrected chi connectivity index (χ4v) is 1.90. The molecule has 120 valence electrons. The van der Waals surface area contributed by atoms with Crippen LogP contribution in [0.1, 0.15) is 10.4 Å². The Morgan fingerprint density at radius 1 is 1.09 bits per heavy atom. The second kappa shape index (κ2) is 7.37. The van der Waals surface area contributed by atoms with Crippen LogP contribution in [0, 0.1) is 0 Å². The number of hydrazine groups is 1. The summed E-state index contributed by atoms with van der Waals surface area (Å²) in [5.74, 6) is -0.0621. The number of ether oxygens (including phenoxy) is 1. The first-order valence-corrected chi connectivity index (χ1v) is 6.87. The average Bonchev–Trinajstić information content (AvgIpc) is 2.53. The molecule has 0 aliphatic heterocycles. The molecular weight excluding hydrogens is 322 g/mol. The monoisotopic (exact) mass is 335 g/mol. The molecular formula is C15H14ClN3O4. The number of methoxy groups -OCH3 is 1. The van der Waals surface area contributed by atoms with Crippen molar-refractivity contribution in [2.45, 2.75) is 0 Å². The first-order chi connectivity index (χ1) is 11.0. The van der Waals surface area contributed by atoms with E-state index in [-0.39, 0.29) is 11.3 Å². The lowest BCUT2D eigenvalue weighted by molar-refractivity contribution is 0.0938. The lowest BCUT2D eigenvalue weighted by Crippen LogP contribution is -2.43. The molecule has 0 aliphatic carbocycles. The average molecular weight is 336 g/mol. The lowest BCUT2D eigenvalue weighted by Gasteiger charge is -2.12. The molecule has 7 nitrogen and oxygen atoms in total. The number of phenols is 1. The molecule has 0 saturated carbocycles. The molecule has 0 saturated heterocycles. The van der Waals surface area contributed by atoms with Gasteiger partial charge in [0.15, 0.2) is 0 Å². The fourth-order valence-electron chi connectivity index (χ4n) is 1.73. The zero-order chi connectivity index (χ0) is 16.8. The highest BCUT2D eigenvalue weighted by Crippen LogP contribution is 2.27. The van der Waals surface area contributed by atoms with Gasteiger partial charge in [0, 0.05) is 10.6 Å². The maximum atomic E-state index is 11.8. The number of halogens is 1. The van der Waals surface area contributed by atoms with E-state index in [2.05, 4.69) is 16.2 Å². The Hall–Kier alpha value is -2.93. The summed E-state index contributed by atoms with van der Waals surface area (Å²) in [6.45, 7) is 0. The molecule has 0 atom stereocenters. The summed E-state index contributed by atoms with van der Waals surface area (Å²) in [6.07, 6.45) is 0. The third-order valence-corrected chi connectivity index (χ3v) is 3.06. The van der Waals surface area contributed by atoms with E-state index >= 15 is 0 Å². The van der Waals surface area contributed by atoms with Crippen LogP contribution in [0.2, 0.25) is 5.02 Å². The van der Waals surface area contributed by atoms with Crippen LogP contribution in [0.25, 0.3) is 0 Å². The molecule has 2 aromatic rings. The Morgan fingerprint density at radius 2 is 1.78 bits per heavy atom. The van der Waals surface area contributed by atoms with Gasteiger partial charge in [0.25, 0.3) is 5.91 Å². The van der Waals surface area contributed by atoms with Crippen molar-refractivity contribution in [2.24, 2.45) is 0 Å². The van der Waals surface area contributed by atoms with E-state index < -0.39 is 11.9 Å². The summed E-state index contributed by atoms with van der Waals surface area (Å²) >= 11 is 5.86. The summed E-state index contributed by atoms with van der Waals surface area (Å²) in [7, 11) is 1.46. The molecule has 4 N–H and O–H groups in total. The Morgan fingerprint density at radius 3 is 2.43 bits per heavy atom. The van der Waals surface area contributed by atoms with Crippen LogP contribution < -0.4 is 20.9 Å². The van der Waals surface area contributed by atoms with Gasteiger partial charge in [-0.05, 0) is 42.5 Å². The number of hydrogen-bond donors (Lipinski definition) is 4. The normalized spacial score (nSPS) is 9.83. The van der Waals surface area contributed by atoms with Crippen LogP contribution in [0.15, 0.2) is 42.5 Å². The van der Waals surface area contributed by atoms with Gasteiger partial charge in [0.2, 0.25) is 0 Å². The number of hydrogen-bond acceptors (Lipinski definition) is 4. The Kier molecular flexibility index (Phi) is 5.27. The number of anilines is 1. The number of aromatic hydroxyl groups is 1. The maximum absolute atomic E-state index is 11.8. The molecule has 0 spiro atoms. The van der Waals surface area contributed by atoms with Crippen molar-refractivity contribution in [3.05, 3.63) is 53.1 Å². The molecule has 3 amide bonds. The highest BCUT2D eigenvalue weighted by molar-refractivity contribution is 6.31. The van der Waals surface area contributed by atoms with Crippen molar-refractivity contribution < 1.29 is 19.4 Å². The smallest absolute Gasteiger partial charge is 0.338 e. The number of carbonyl (C=O) groups excluding carboxylic acids is 2. The summed E-state index contributed by atoms with van der Waals surface area (Å²) in [6, 6.07) is 9.65. The molecule has 0 fully saturated rings. The van der Waals surface area contributed by atoms with Crippen molar-refractivity contribution in [1.82, 2.24) is 10.9 Å². The summed E-state index contributed by atoms with van der Waals surface area (Å²) in [5, 5.41) is 12.1. The van der Waals surface area contributed by atoms with Crippen LogP contribution in [0.4, 0.5) is 10.5 Å². The van der Waals surface area contributed by atoms with Gasteiger partial charge in [-0.2, -0.15) is 0 Å². The van der Waals surface area contributed by atoms with E-state index in [9.17, 15) is 9.59 Å². The maximum Gasteiger partial charge on any atom is 0.338 e. The van der Waals surface area contributed by atoms with E-state index in [0.717, 1.165) is 0 Å². The highest BCUT2D eigenvalue weighted by atomic mass is 35.5. The summed E-state index contributed by atoms with van der Waals surface area (Å²) < 4.78 is 5.10. The molecule has 0 aliphatic rings. The number of nitrogens with one attached hydrogen (secondary N) is 3. The van der Waals surface area contributed by atoms with Crippen molar-refractivity contribution >= 4 is 29.2 Å². The molecule has 0 heterocycles. The minimum absolute atomic E-state index is 0.0419. The van der Waals surface area contributed by atoms with Gasteiger partial charge in [-0.25, -0.2) is 10.2 Å². The molecule has 0 unspecified atom stereocenters. The van der Waals surface area contributed by atoms with Gasteiger partial charge in [-0.15, -0.1) is 0 Å². The largest absolute Gasteiger partial charge is 0.508 e. The third-order valence-electron chi connectivity index (χ3n) is 2.83. The van der Waals surface area contributed by atoms with Gasteiger partial charge in [-0.3, -0.25) is 10.2 Å². The minimum Gasteiger partial charge on any atom is -0.508 e. The number of benzene rings is 2. The second-order valence-electron chi connectivity index (χ2n) is 4.42.